The quantitative estimate of drug-likeness (QED) is 0.581. The molecule has 7 heteroatoms. The highest BCUT2D eigenvalue weighted by atomic mass is 16.5. The van der Waals surface area contributed by atoms with Gasteiger partial charge in [-0.2, -0.15) is 0 Å². The molecule has 0 aliphatic carbocycles. The van der Waals surface area contributed by atoms with Crippen molar-refractivity contribution in [2.45, 2.75) is 26.8 Å². The number of benzene rings is 1. The van der Waals surface area contributed by atoms with Crippen molar-refractivity contribution in [3.63, 3.8) is 0 Å². The van der Waals surface area contributed by atoms with Crippen LogP contribution in [-0.4, -0.2) is 46.9 Å². The lowest BCUT2D eigenvalue weighted by Crippen LogP contribution is -2.17. The molecule has 140 valence electrons. The van der Waals surface area contributed by atoms with Crippen LogP contribution < -0.4 is 0 Å². The predicted octanol–water partition coefficient (Wildman–Crippen LogP) is 2.76. The second kappa shape index (κ2) is 8.05. The molecule has 0 saturated heterocycles. The van der Waals surface area contributed by atoms with Gasteiger partial charge in [0, 0.05) is 30.1 Å². The van der Waals surface area contributed by atoms with Gasteiger partial charge in [-0.1, -0.05) is 0 Å². The number of methoxy groups -OCH3 is 1. The molecule has 0 radical (unpaired) electrons. The van der Waals surface area contributed by atoms with Gasteiger partial charge in [-0.25, -0.2) is 4.79 Å². The summed E-state index contributed by atoms with van der Waals surface area (Å²) in [6.45, 7) is 5.79. The molecule has 0 unspecified atom stereocenters. The number of Topliss-reactive ketones (excluding diaryl/α,β-unsaturated/α-hetero) is 1. The Kier molecular flexibility index (Phi) is 6.05. The summed E-state index contributed by atoms with van der Waals surface area (Å²) in [7, 11) is 1.62. The van der Waals surface area contributed by atoms with Crippen molar-refractivity contribution in [1.82, 2.24) is 4.57 Å². The number of aromatic nitrogens is 1. The number of esters is 1. The molecule has 0 amide bonds. The van der Waals surface area contributed by atoms with Crippen molar-refractivity contribution < 1.29 is 29.3 Å². The van der Waals surface area contributed by atoms with Crippen molar-refractivity contribution in [2.24, 2.45) is 0 Å². The Balaban J connectivity index is 2.11. The van der Waals surface area contributed by atoms with E-state index >= 15 is 0 Å². The number of aromatic hydroxyl groups is 2. The monoisotopic (exact) mass is 361 g/mol. The van der Waals surface area contributed by atoms with Gasteiger partial charge in [0.05, 0.1) is 12.6 Å². The van der Waals surface area contributed by atoms with Crippen LogP contribution in [0.2, 0.25) is 0 Å². The third kappa shape index (κ3) is 4.05. The van der Waals surface area contributed by atoms with Crippen molar-refractivity contribution in [2.75, 3.05) is 20.3 Å². The van der Waals surface area contributed by atoms with E-state index < -0.39 is 18.3 Å². The van der Waals surface area contributed by atoms with Gasteiger partial charge in [-0.05, 0) is 39.0 Å². The first-order valence-electron chi connectivity index (χ1n) is 8.16. The molecule has 0 aliphatic rings. The van der Waals surface area contributed by atoms with E-state index in [0.717, 1.165) is 17.5 Å². The zero-order chi connectivity index (χ0) is 19.4. The molecule has 1 atom stereocenters. The normalized spacial score (nSPS) is 12.0. The van der Waals surface area contributed by atoms with E-state index in [1.54, 1.807) is 13.2 Å². The Hall–Kier alpha value is -2.80. The number of nitrogens with zero attached hydrogens (tertiary/aromatic N) is 1. The number of carbonyl (C=O) groups is 2. The second-order valence-corrected chi connectivity index (χ2v) is 6.16. The van der Waals surface area contributed by atoms with Crippen LogP contribution in [0.1, 0.15) is 45.1 Å². The van der Waals surface area contributed by atoms with Crippen LogP contribution in [0.3, 0.4) is 0 Å². The number of ketones is 1. The lowest BCUT2D eigenvalue weighted by atomic mass is 10.1. The van der Waals surface area contributed by atoms with Crippen LogP contribution in [0.5, 0.6) is 11.5 Å². The summed E-state index contributed by atoms with van der Waals surface area (Å²) in [5, 5.41) is 18.9. The summed E-state index contributed by atoms with van der Waals surface area (Å²) in [5.74, 6) is -1.75. The van der Waals surface area contributed by atoms with Crippen LogP contribution in [0.15, 0.2) is 24.3 Å². The molecule has 2 aromatic rings. The SMILES string of the molecule is COC[C@@H](C)n1c(C)cc(C(=O)COC(=O)c2ccc(O)cc2O)c1C. The fourth-order valence-electron chi connectivity index (χ4n) is 3.03. The zero-order valence-electron chi connectivity index (χ0n) is 15.3. The molecule has 0 fully saturated rings. The molecule has 26 heavy (non-hydrogen) atoms. The molecular weight excluding hydrogens is 338 g/mol. The minimum atomic E-state index is -0.836. The number of carbonyl (C=O) groups excluding carboxylic acids is 2. The Morgan fingerprint density at radius 1 is 1.15 bits per heavy atom. The molecule has 2 rings (SSSR count). The average molecular weight is 361 g/mol. The number of phenols is 2. The minimum absolute atomic E-state index is 0.0676. The van der Waals surface area contributed by atoms with Crippen LogP contribution >= 0.6 is 0 Å². The average Bonchev–Trinajstić information content (AvgIpc) is 2.87. The van der Waals surface area contributed by atoms with E-state index in [-0.39, 0.29) is 23.1 Å². The van der Waals surface area contributed by atoms with Gasteiger partial charge in [-0.3, -0.25) is 4.79 Å². The summed E-state index contributed by atoms with van der Waals surface area (Å²) >= 11 is 0. The first-order valence-corrected chi connectivity index (χ1v) is 8.16. The Bertz CT molecular complexity index is 824. The van der Waals surface area contributed by atoms with E-state index in [4.69, 9.17) is 9.47 Å². The van der Waals surface area contributed by atoms with Gasteiger partial charge in [0.2, 0.25) is 5.78 Å². The summed E-state index contributed by atoms with van der Waals surface area (Å²) < 4.78 is 12.2. The molecule has 0 aliphatic heterocycles. The highest BCUT2D eigenvalue weighted by Crippen LogP contribution is 2.24. The minimum Gasteiger partial charge on any atom is -0.508 e. The van der Waals surface area contributed by atoms with Gasteiger partial charge in [0.15, 0.2) is 6.61 Å². The van der Waals surface area contributed by atoms with E-state index in [2.05, 4.69) is 0 Å². The Morgan fingerprint density at radius 3 is 2.46 bits per heavy atom. The summed E-state index contributed by atoms with van der Waals surface area (Å²) in [6.07, 6.45) is 0. The van der Waals surface area contributed by atoms with Gasteiger partial charge in [0.25, 0.3) is 0 Å². The van der Waals surface area contributed by atoms with Gasteiger partial charge < -0.3 is 24.3 Å². The fourth-order valence-corrected chi connectivity index (χ4v) is 3.03. The standard InChI is InChI=1S/C19H23NO6/c1-11-7-16(13(3)20(11)12(2)9-25-4)18(23)10-26-19(24)15-6-5-14(21)8-17(15)22/h5-8,12,21-22H,9-10H2,1-4H3/t12-/m1/s1. The largest absolute Gasteiger partial charge is 0.508 e. The van der Waals surface area contributed by atoms with Gasteiger partial charge >= 0.3 is 5.97 Å². The van der Waals surface area contributed by atoms with Crippen LogP contribution in [-0.2, 0) is 9.47 Å². The predicted molar refractivity (Wildman–Crippen MR) is 94.9 cm³/mol. The number of ether oxygens (including phenoxy) is 2. The Morgan fingerprint density at radius 2 is 1.85 bits per heavy atom. The van der Waals surface area contributed by atoms with Gasteiger partial charge in [-0.15, -0.1) is 0 Å². The lowest BCUT2D eigenvalue weighted by Gasteiger charge is -2.17. The first-order chi connectivity index (χ1) is 12.3. The molecule has 1 aromatic heterocycles. The lowest BCUT2D eigenvalue weighted by molar-refractivity contribution is 0.0471. The van der Waals surface area contributed by atoms with E-state index in [1.165, 1.54) is 12.1 Å². The zero-order valence-corrected chi connectivity index (χ0v) is 15.3. The van der Waals surface area contributed by atoms with E-state index in [9.17, 15) is 19.8 Å². The maximum absolute atomic E-state index is 12.5. The summed E-state index contributed by atoms with van der Waals surface area (Å²) in [6, 6.07) is 5.34. The molecule has 1 heterocycles. The molecule has 0 saturated carbocycles. The topological polar surface area (TPSA) is 98.0 Å². The fraction of sp³-hybridized carbons (Fsp3) is 0.368. The van der Waals surface area contributed by atoms with Crippen LogP contribution in [0.4, 0.5) is 0 Å². The van der Waals surface area contributed by atoms with E-state index in [0.29, 0.717) is 12.2 Å². The molecule has 1 aromatic carbocycles. The van der Waals surface area contributed by atoms with Crippen molar-refractivity contribution in [3.8, 4) is 11.5 Å². The maximum Gasteiger partial charge on any atom is 0.342 e. The smallest absolute Gasteiger partial charge is 0.342 e. The number of hydrogen-bond acceptors (Lipinski definition) is 6. The van der Waals surface area contributed by atoms with Crippen LogP contribution in [0, 0.1) is 13.8 Å². The highest BCUT2D eigenvalue weighted by molar-refractivity contribution is 6.01. The third-order valence-corrected chi connectivity index (χ3v) is 4.17. The maximum atomic E-state index is 12.5. The molecule has 2 N–H and O–H groups in total. The third-order valence-electron chi connectivity index (χ3n) is 4.17. The molecule has 0 spiro atoms. The van der Waals surface area contributed by atoms with Crippen molar-refractivity contribution in [1.29, 1.82) is 0 Å². The summed E-state index contributed by atoms with van der Waals surface area (Å²) in [5.41, 5.74) is 2.06. The van der Waals surface area contributed by atoms with Gasteiger partial charge in [0.1, 0.15) is 17.1 Å². The van der Waals surface area contributed by atoms with Crippen molar-refractivity contribution >= 4 is 11.8 Å². The summed E-state index contributed by atoms with van der Waals surface area (Å²) in [4.78, 5) is 24.5. The number of aryl methyl sites for hydroxylation is 1. The second-order valence-electron chi connectivity index (χ2n) is 6.16. The Labute approximate surface area is 151 Å². The van der Waals surface area contributed by atoms with Crippen molar-refractivity contribution in [3.05, 3.63) is 46.8 Å². The highest BCUT2D eigenvalue weighted by Gasteiger charge is 2.21. The molecular formula is C19H23NO6. The number of rotatable bonds is 7. The van der Waals surface area contributed by atoms with Crippen LogP contribution in [0.25, 0.3) is 0 Å². The number of hydrogen-bond donors (Lipinski definition) is 2. The first kappa shape index (κ1) is 19.5. The number of phenolic OH excluding ortho intramolecular Hbond substituents is 2. The molecule has 0 bridgehead atoms. The van der Waals surface area contributed by atoms with E-state index in [1.807, 2.05) is 25.3 Å². The molecule has 7 nitrogen and oxygen atoms in total.